The number of carbonyl (C=O) groups is 1. The Hall–Kier alpha value is -1.29. The van der Waals surface area contributed by atoms with E-state index in [0.29, 0.717) is 12.8 Å². The van der Waals surface area contributed by atoms with Crippen molar-refractivity contribution in [2.24, 2.45) is 5.73 Å². The summed E-state index contributed by atoms with van der Waals surface area (Å²) in [6.45, 7) is 0. The fourth-order valence-corrected chi connectivity index (χ4v) is 2.17. The Bertz CT molecular complexity index is 425. The maximum Gasteiger partial charge on any atom is 0.185 e. The van der Waals surface area contributed by atoms with Gasteiger partial charge in [-0.2, -0.15) is 0 Å². The number of ketones is 1. The summed E-state index contributed by atoms with van der Waals surface area (Å²) in [6.07, 6.45) is 2.81. The SMILES string of the molecule is NC1(C(=O)c2cc(F)ccc2F)CCCC1. The first kappa shape index (κ1) is 11.2. The maximum atomic E-state index is 13.4. The summed E-state index contributed by atoms with van der Waals surface area (Å²) in [5.74, 6) is -1.81. The average Bonchev–Trinajstić information content (AvgIpc) is 2.69. The van der Waals surface area contributed by atoms with Crippen LogP contribution < -0.4 is 5.73 Å². The Kier molecular flexibility index (Phi) is 2.76. The van der Waals surface area contributed by atoms with Crippen LogP contribution in [0, 0.1) is 11.6 Å². The molecule has 0 unspecified atom stereocenters. The van der Waals surface area contributed by atoms with Crippen LogP contribution in [-0.2, 0) is 0 Å². The van der Waals surface area contributed by atoms with Crippen LogP contribution in [0.3, 0.4) is 0 Å². The summed E-state index contributed by atoms with van der Waals surface area (Å²) in [5, 5.41) is 0. The van der Waals surface area contributed by atoms with Gasteiger partial charge in [-0.15, -0.1) is 0 Å². The van der Waals surface area contributed by atoms with Gasteiger partial charge in [0.1, 0.15) is 11.6 Å². The molecular weight excluding hydrogens is 212 g/mol. The van der Waals surface area contributed by atoms with E-state index in [9.17, 15) is 13.6 Å². The molecular formula is C12H13F2NO. The molecule has 86 valence electrons. The van der Waals surface area contributed by atoms with Crippen molar-refractivity contribution in [2.45, 2.75) is 31.2 Å². The number of nitrogens with two attached hydrogens (primary N) is 1. The molecule has 1 saturated carbocycles. The average molecular weight is 225 g/mol. The van der Waals surface area contributed by atoms with Crippen molar-refractivity contribution >= 4 is 5.78 Å². The summed E-state index contributed by atoms with van der Waals surface area (Å²) in [5.41, 5.74) is 4.68. The third-order valence-corrected chi connectivity index (χ3v) is 3.12. The van der Waals surface area contributed by atoms with Crippen molar-refractivity contribution in [3.8, 4) is 0 Å². The van der Waals surface area contributed by atoms with E-state index in [0.717, 1.165) is 31.0 Å². The monoisotopic (exact) mass is 225 g/mol. The number of benzene rings is 1. The smallest absolute Gasteiger partial charge is 0.185 e. The van der Waals surface area contributed by atoms with Crippen LogP contribution in [0.5, 0.6) is 0 Å². The highest BCUT2D eigenvalue weighted by molar-refractivity contribution is 6.03. The molecule has 1 aliphatic carbocycles. The summed E-state index contributed by atoms with van der Waals surface area (Å²) < 4.78 is 26.4. The lowest BCUT2D eigenvalue weighted by molar-refractivity contribution is 0.0887. The minimum absolute atomic E-state index is 0.232. The Morgan fingerprint density at radius 3 is 2.50 bits per heavy atom. The molecule has 0 saturated heterocycles. The van der Waals surface area contributed by atoms with Crippen molar-refractivity contribution in [2.75, 3.05) is 0 Å². The molecule has 0 aromatic heterocycles. The van der Waals surface area contributed by atoms with Gasteiger partial charge >= 0.3 is 0 Å². The number of hydrogen-bond acceptors (Lipinski definition) is 2. The van der Waals surface area contributed by atoms with E-state index in [4.69, 9.17) is 5.73 Å². The molecule has 4 heteroatoms. The van der Waals surface area contributed by atoms with E-state index in [2.05, 4.69) is 0 Å². The molecule has 2 nitrogen and oxygen atoms in total. The van der Waals surface area contributed by atoms with E-state index < -0.39 is 23.0 Å². The topological polar surface area (TPSA) is 43.1 Å². The first-order chi connectivity index (χ1) is 7.53. The highest BCUT2D eigenvalue weighted by Gasteiger charge is 2.38. The largest absolute Gasteiger partial charge is 0.319 e. The normalized spacial score (nSPS) is 18.7. The van der Waals surface area contributed by atoms with E-state index in [1.54, 1.807) is 0 Å². The third-order valence-electron chi connectivity index (χ3n) is 3.12. The van der Waals surface area contributed by atoms with Gasteiger partial charge in [-0.25, -0.2) is 8.78 Å². The summed E-state index contributed by atoms with van der Waals surface area (Å²) in [7, 11) is 0. The fourth-order valence-electron chi connectivity index (χ4n) is 2.17. The van der Waals surface area contributed by atoms with Crippen molar-refractivity contribution in [1.82, 2.24) is 0 Å². The molecule has 0 amide bonds. The van der Waals surface area contributed by atoms with Gasteiger partial charge in [0, 0.05) is 0 Å². The van der Waals surface area contributed by atoms with E-state index >= 15 is 0 Å². The van der Waals surface area contributed by atoms with Gasteiger partial charge in [-0.1, -0.05) is 12.8 Å². The minimum Gasteiger partial charge on any atom is -0.319 e. The minimum atomic E-state index is -1.01. The lowest BCUT2D eigenvalue weighted by atomic mass is 9.88. The second-order valence-corrected chi connectivity index (χ2v) is 4.32. The van der Waals surface area contributed by atoms with Gasteiger partial charge < -0.3 is 5.73 Å². The van der Waals surface area contributed by atoms with Gasteiger partial charge in [0.05, 0.1) is 11.1 Å². The Labute approximate surface area is 92.4 Å². The Morgan fingerprint density at radius 2 is 1.88 bits per heavy atom. The molecule has 0 aliphatic heterocycles. The first-order valence-corrected chi connectivity index (χ1v) is 5.32. The quantitative estimate of drug-likeness (QED) is 0.785. The molecule has 2 rings (SSSR count). The van der Waals surface area contributed by atoms with Gasteiger partial charge in [0.15, 0.2) is 5.78 Å². The van der Waals surface area contributed by atoms with Crippen molar-refractivity contribution in [3.05, 3.63) is 35.4 Å². The van der Waals surface area contributed by atoms with Crippen molar-refractivity contribution in [3.63, 3.8) is 0 Å². The second kappa shape index (κ2) is 3.94. The summed E-state index contributed by atoms with van der Waals surface area (Å²) in [6, 6.07) is 2.87. The van der Waals surface area contributed by atoms with Crippen LogP contribution in [0.25, 0.3) is 0 Å². The number of halogens is 2. The lowest BCUT2D eigenvalue weighted by Crippen LogP contribution is -2.45. The molecule has 1 fully saturated rings. The van der Waals surface area contributed by atoms with E-state index in [-0.39, 0.29) is 5.56 Å². The first-order valence-electron chi connectivity index (χ1n) is 5.32. The van der Waals surface area contributed by atoms with E-state index in [1.165, 1.54) is 0 Å². The summed E-state index contributed by atoms with van der Waals surface area (Å²) >= 11 is 0. The molecule has 2 N–H and O–H groups in total. The zero-order valence-corrected chi connectivity index (χ0v) is 8.80. The Balaban J connectivity index is 2.36. The standard InChI is InChI=1S/C12H13F2NO/c13-8-3-4-10(14)9(7-8)11(16)12(15)5-1-2-6-12/h3-4,7H,1-2,5-6,15H2. The zero-order chi connectivity index (χ0) is 11.8. The van der Waals surface area contributed by atoms with E-state index in [1.807, 2.05) is 0 Å². The summed E-state index contributed by atoms with van der Waals surface area (Å²) in [4.78, 5) is 12.0. The highest BCUT2D eigenvalue weighted by Crippen LogP contribution is 2.31. The van der Waals surface area contributed by atoms with Crippen LogP contribution in [0.2, 0.25) is 0 Å². The van der Waals surface area contributed by atoms with Gasteiger partial charge in [-0.05, 0) is 31.0 Å². The fraction of sp³-hybridized carbons (Fsp3) is 0.417. The molecule has 1 aromatic rings. The molecule has 16 heavy (non-hydrogen) atoms. The molecule has 0 heterocycles. The van der Waals surface area contributed by atoms with Crippen LogP contribution >= 0.6 is 0 Å². The van der Waals surface area contributed by atoms with Gasteiger partial charge in [0.2, 0.25) is 0 Å². The van der Waals surface area contributed by atoms with Crippen molar-refractivity contribution in [1.29, 1.82) is 0 Å². The Morgan fingerprint density at radius 1 is 1.25 bits per heavy atom. The van der Waals surface area contributed by atoms with Gasteiger partial charge in [0.25, 0.3) is 0 Å². The molecule has 0 atom stereocenters. The van der Waals surface area contributed by atoms with Crippen molar-refractivity contribution < 1.29 is 13.6 Å². The number of carbonyl (C=O) groups excluding carboxylic acids is 1. The predicted molar refractivity (Wildman–Crippen MR) is 56.1 cm³/mol. The second-order valence-electron chi connectivity index (χ2n) is 4.32. The van der Waals surface area contributed by atoms with Crippen LogP contribution in [0.4, 0.5) is 8.78 Å². The predicted octanol–water partition coefficient (Wildman–Crippen LogP) is 2.42. The number of hydrogen-bond donors (Lipinski definition) is 1. The van der Waals surface area contributed by atoms with Crippen LogP contribution in [0.1, 0.15) is 36.0 Å². The number of rotatable bonds is 2. The molecule has 1 aliphatic rings. The lowest BCUT2D eigenvalue weighted by Gasteiger charge is -2.21. The highest BCUT2D eigenvalue weighted by atomic mass is 19.1. The maximum absolute atomic E-state index is 13.4. The molecule has 0 spiro atoms. The third kappa shape index (κ3) is 1.85. The van der Waals surface area contributed by atoms with Crippen LogP contribution in [0.15, 0.2) is 18.2 Å². The number of Topliss-reactive ketones (excluding diaryl/α,β-unsaturated/α-hetero) is 1. The van der Waals surface area contributed by atoms with Gasteiger partial charge in [-0.3, -0.25) is 4.79 Å². The molecule has 0 radical (unpaired) electrons. The zero-order valence-electron chi connectivity index (χ0n) is 8.80. The molecule has 0 bridgehead atoms. The molecule has 1 aromatic carbocycles. The van der Waals surface area contributed by atoms with Crippen LogP contribution in [-0.4, -0.2) is 11.3 Å².